The lowest BCUT2D eigenvalue weighted by molar-refractivity contribution is 0.0954. The van der Waals surface area contributed by atoms with Crippen LogP contribution >= 0.6 is 0 Å². The predicted molar refractivity (Wildman–Crippen MR) is 111 cm³/mol. The molecule has 150 valence electrons. The summed E-state index contributed by atoms with van der Waals surface area (Å²) in [7, 11) is -1.34. The number of amides is 1. The molecular weight excluding hydrogens is 374 g/mol. The minimum atomic E-state index is -3.33. The third-order valence-corrected chi connectivity index (χ3v) is 6.81. The molecule has 1 fully saturated rings. The minimum absolute atomic E-state index is 0.0351. The molecule has 7 heteroatoms. The number of sulfonamides is 1. The summed E-state index contributed by atoms with van der Waals surface area (Å²) < 4.78 is 26.7. The molecule has 0 radical (unpaired) electrons. The molecule has 1 aliphatic heterocycles. The Balaban J connectivity index is 1.52. The maximum absolute atomic E-state index is 12.6. The van der Waals surface area contributed by atoms with E-state index in [-0.39, 0.29) is 11.7 Å². The Bertz CT molecular complexity index is 875. The van der Waals surface area contributed by atoms with E-state index < -0.39 is 10.0 Å². The van der Waals surface area contributed by atoms with Gasteiger partial charge in [0.25, 0.3) is 5.91 Å². The van der Waals surface area contributed by atoms with E-state index in [1.165, 1.54) is 5.56 Å². The van der Waals surface area contributed by atoms with Crippen LogP contribution in [-0.2, 0) is 22.2 Å². The molecule has 0 atom stereocenters. The van der Waals surface area contributed by atoms with Crippen LogP contribution in [0, 0.1) is 0 Å². The fourth-order valence-corrected chi connectivity index (χ4v) is 4.70. The van der Waals surface area contributed by atoms with Crippen molar-refractivity contribution in [3.05, 3.63) is 71.3 Å². The number of carbonyl (C=O) groups excluding carboxylic acids is 1. The van der Waals surface area contributed by atoms with Gasteiger partial charge in [-0.3, -0.25) is 4.79 Å². The van der Waals surface area contributed by atoms with Gasteiger partial charge >= 0.3 is 0 Å². The first kappa shape index (κ1) is 20.5. The van der Waals surface area contributed by atoms with Gasteiger partial charge in [0, 0.05) is 38.3 Å². The number of carbonyl (C=O) groups is 1. The first-order chi connectivity index (χ1) is 13.4. The summed E-state index contributed by atoms with van der Waals surface area (Å²) in [6, 6.07) is 16.8. The third kappa shape index (κ3) is 5.64. The highest BCUT2D eigenvalue weighted by atomic mass is 32.2. The normalized spacial score (nSPS) is 16.0. The van der Waals surface area contributed by atoms with Crippen LogP contribution in [0.25, 0.3) is 0 Å². The maximum atomic E-state index is 12.6. The number of rotatable bonds is 7. The Morgan fingerprint density at radius 3 is 2.21 bits per heavy atom. The zero-order chi connectivity index (χ0) is 20.0. The van der Waals surface area contributed by atoms with E-state index in [1.807, 2.05) is 37.4 Å². The fourth-order valence-electron chi connectivity index (χ4n) is 3.19. The smallest absolute Gasteiger partial charge is 0.251 e. The average molecular weight is 402 g/mol. The predicted octanol–water partition coefficient (Wildman–Crippen LogP) is 1.74. The second kappa shape index (κ2) is 9.32. The van der Waals surface area contributed by atoms with Crippen molar-refractivity contribution >= 4 is 15.9 Å². The van der Waals surface area contributed by atoms with Gasteiger partial charge in [-0.25, -0.2) is 8.42 Å². The van der Waals surface area contributed by atoms with E-state index in [0.717, 1.165) is 19.5 Å². The molecule has 1 heterocycles. The van der Waals surface area contributed by atoms with Crippen molar-refractivity contribution < 1.29 is 13.2 Å². The van der Waals surface area contributed by atoms with Crippen molar-refractivity contribution in [2.24, 2.45) is 0 Å². The Hall–Kier alpha value is -2.22. The van der Waals surface area contributed by atoms with E-state index in [0.29, 0.717) is 30.8 Å². The Labute approximate surface area is 167 Å². The molecule has 2 aromatic rings. The molecule has 0 spiro atoms. The molecular formula is C21H27N3O3S. The Kier molecular flexibility index (Phi) is 6.83. The molecule has 0 bridgehead atoms. The zero-order valence-electron chi connectivity index (χ0n) is 16.2. The van der Waals surface area contributed by atoms with Crippen LogP contribution in [0.3, 0.4) is 0 Å². The van der Waals surface area contributed by atoms with E-state index in [9.17, 15) is 13.2 Å². The van der Waals surface area contributed by atoms with Crippen molar-refractivity contribution in [2.75, 3.05) is 39.8 Å². The number of hydrogen-bond acceptors (Lipinski definition) is 4. The molecule has 0 unspecified atom stereocenters. The topological polar surface area (TPSA) is 69.7 Å². The standard InChI is InChI=1S/C21H27N3O3S/c1-23-13-15-24(16-14-23)28(26,27)17-19-7-9-20(10-8-19)21(25)22-12-11-18-5-3-2-4-6-18/h2-10H,11-17H2,1H3,(H,22,25). The van der Waals surface area contributed by atoms with Gasteiger partial charge in [0.1, 0.15) is 0 Å². The molecule has 2 aromatic carbocycles. The van der Waals surface area contributed by atoms with Gasteiger partial charge in [0.15, 0.2) is 0 Å². The van der Waals surface area contributed by atoms with E-state index >= 15 is 0 Å². The van der Waals surface area contributed by atoms with Crippen molar-refractivity contribution in [1.82, 2.24) is 14.5 Å². The second-order valence-electron chi connectivity index (χ2n) is 7.15. The van der Waals surface area contributed by atoms with Gasteiger partial charge in [-0.15, -0.1) is 0 Å². The van der Waals surface area contributed by atoms with Crippen LogP contribution in [0.4, 0.5) is 0 Å². The van der Waals surface area contributed by atoms with Gasteiger partial charge < -0.3 is 10.2 Å². The third-order valence-electron chi connectivity index (χ3n) is 4.96. The summed E-state index contributed by atoms with van der Waals surface area (Å²) in [5.74, 6) is -0.184. The number of benzene rings is 2. The SMILES string of the molecule is CN1CCN(S(=O)(=O)Cc2ccc(C(=O)NCCc3ccccc3)cc2)CC1. The van der Waals surface area contributed by atoms with E-state index in [4.69, 9.17) is 0 Å². The van der Waals surface area contributed by atoms with Crippen LogP contribution in [0.5, 0.6) is 0 Å². The number of hydrogen-bond donors (Lipinski definition) is 1. The van der Waals surface area contributed by atoms with Gasteiger partial charge in [0.05, 0.1) is 5.75 Å². The molecule has 1 aliphatic rings. The van der Waals surface area contributed by atoms with Gasteiger partial charge in [-0.05, 0) is 36.7 Å². The lowest BCUT2D eigenvalue weighted by Crippen LogP contribution is -2.47. The fraction of sp³-hybridized carbons (Fsp3) is 0.381. The van der Waals surface area contributed by atoms with Crippen molar-refractivity contribution in [1.29, 1.82) is 0 Å². The van der Waals surface area contributed by atoms with Crippen molar-refractivity contribution in [2.45, 2.75) is 12.2 Å². The quantitative estimate of drug-likeness (QED) is 0.767. The molecule has 0 saturated carbocycles. The highest BCUT2D eigenvalue weighted by molar-refractivity contribution is 7.88. The van der Waals surface area contributed by atoms with Crippen molar-refractivity contribution in [3.63, 3.8) is 0 Å². The van der Waals surface area contributed by atoms with E-state index in [1.54, 1.807) is 28.6 Å². The summed E-state index contributed by atoms with van der Waals surface area (Å²) in [5, 5.41) is 2.90. The zero-order valence-corrected chi connectivity index (χ0v) is 17.0. The molecule has 0 aliphatic carbocycles. The minimum Gasteiger partial charge on any atom is -0.352 e. The summed E-state index contributed by atoms with van der Waals surface area (Å²) in [6.07, 6.45) is 0.772. The van der Waals surface area contributed by atoms with Crippen LogP contribution in [0.1, 0.15) is 21.5 Å². The number of nitrogens with one attached hydrogen (secondary N) is 1. The lowest BCUT2D eigenvalue weighted by atomic mass is 10.1. The van der Waals surface area contributed by atoms with Gasteiger partial charge in [-0.1, -0.05) is 42.5 Å². The summed E-state index contributed by atoms with van der Waals surface area (Å²) >= 11 is 0. The highest BCUT2D eigenvalue weighted by Gasteiger charge is 2.25. The number of piperazine rings is 1. The molecule has 3 rings (SSSR count). The molecule has 1 saturated heterocycles. The average Bonchev–Trinajstić information content (AvgIpc) is 2.69. The van der Waals surface area contributed by atoms with Crippen LogP contribution < -0.4 is 5.32 Å². The molecule has 1 amide bonds. The number of nitrogens with zero attached hydrogens (tertiary/aromatic N) is 2. The maximum Gasteiger partial charge on any atom is 0.251 e. The largest absolute Gasteiger partial charge is 0.352 e. The molecule has 28 heavy (non-hydrogen) atoms. The second-order valence-corrected chi connectivity index (χ2v) is 9.12. The summed E-state index contributed by atoms with van der Waals surface area (Å²) in [4.78, 5) is 14.4. The molecule has 6 nitrogen and oxygen atoms in total. The van der Waals surface area contributed by atoms with Crippen molar-refractivity contribution in [3.8, 4) is 0 Å². The van der Waals surface area contributed by atoms with Crippen LogP contribution in [0.15, 0.2) is 54.6 Å². The summed E-state index contributed by atoms with van der Waals surface area (Å²) in [6.45, 7) is 3.12. The molecule has 1 N–H and O–H groups in total. The van der Waals surface area contributed by atoms with E-state index in [2.05, 4.69) is 10.2 Å². The molecule has 0 aromatic heterocycles. The number of likely N-dealkylation sites (N-methyl/N-ethyl adjacent to an activating group) is 1. The first-order valence-electron chi connectivity index (χ1n) is 9.51. The van der Waals surface area contributed by atoms with Crippen LogP contribution in [0.2, 0.25) is 0 Å². The Morgan fingerprint density at radius 1 is 0.929 bits per heavy atom. The lowest BCUT2D eigenvalue weighted by Gasteiger charge is -2.31. The monoisotopic (exact) mass is 401 g/mol. The Morgan fingerprint density at radius 2 is 1.57 bits per heavy atom. The first-order valence-corrected chi connectivity index (χ1v) is 11.1. The highest BCUT2D eigenvalue weighted by Crippen LogP contribution is 2.14. The van der Waals surface area contributed by atoms with Crippen LogP contribution in [-0.4, -0.2) is 63.3 Å². The van der Waals surface area contributed by atoms with Gasteiger partial charge in [-0.2, -0.15) is 4.31 Å². The van der Waals surface area contributed by atoms with Gasteiger partial charge in [0.2, 0.25) is 10.0 Å². The summed E-state index contributed by atoms with van der Waals surface area (Å²) in [5.41, 5.74) is 2.40.